The number of aromatic nitrogens is 2. The Morgan fingerprint density at radius 2 is 2.00 bits per heavy atom. The minimum Gasteiger partial charge on any atom is -0.339 e. The first-order chi connectivity index (χ1) is 10.5. The number of carbonyl (C=O) groups excluding carboxylic acids is 1. The molecule has 1 fully saturated rings. The molecule has 22 heavy (non-hydrogen) atoms. The molecule has 0 aliphatic carbocycles. The fraction of sp³-hybridized carbons (Fsp3) is 0.750. The molecule has 1 aliphatic heterocycles. The molecule has 0 unspecified atom stereocenters. The van der Waals surface area contributed by atoms with Gasteiger partial charge in [-0.05, 0) is 32.9 Å². The summed E-state index contributed by atoms with van der Waals surface area (Å²) in [5, 5.41) is 7.69. The molecule has 2 rings (SSSR count). The second kappa shape index (κ2) is 7.74. The number of rotatable bonds is 6. The fourth-order valence-electron chi connectivity index (χ4n) is 2.96. The summed E-state index contributed by atoms with van der Waals surface area (Å²) in [6.07, 6.45) is 3.88. The van der Waals surface area contributed by atoms with Crippen LogP contribution in [0.3, 0.4) is 0 Å². The van der Waals surface area contributed by atoms with Crippen molar-refractivity contribution in [1.29, 1.82) is 0 Å². The largest absolute Gasteiger partial charge is 0.339 e. The van der Waals surface area contributed by atoms with Crippen molar-refractivity contribution in [2.24, 2.45) is 0 Å². The summed E-state index contributed by atoms with van der Waals surface area (Å²) in [5.41, 5.74) is 1.16. The maximum absolute atomic E-state index is 12.5. The Morgan fingerprint density at radius 3 is 2.55 bits per heavy atom. The lowest BCUT2D eigenvalue weighted by molar-refractivity contribution is -0.135. The van der Waals surface area contributed by atoms with Crippen molar-refractivity contribution >= 4 is 5.91 Å². The third-order valence-corrected chi connectivity index (χ3v) is 4.26. The molecule has 2 atom stereocenters. The van der Waals surface area contributed by atoms with E-state index < -0.39 is 0 Å². The molecule has 0 bridgehead atoms. The van der Waals surface area contributed by atoms with E-state index in [0.29, 0.717) is 0 Å². The van der Waals surface area contributed by atoms with E-state index in [9.17, 15) is 4.79 Å². The lowest BCUT2D eigenvalue weighted by atomic mass is 10.2. The topological polar surface area (TPSA) is 53.4 Å². The summed E-state index contributed by atoms with van der Waals surface area (Å²) in [5.74, 6) is 0.208. The Labute approximate surface area is 133 Å². The summed E-state index contributed by atoms with van der Waals surface area (Å²) in [6, 6.07) is 0.0509. The Kier molecular flexibility index (Phi) is 5.97. The summed E-state index contributed by atoms with van der Waals surface area (Å²) >= 11 is 0. The standard InChI is InChI=1S/C16H29N5O/c1-5-19-6-8-20(9-7-19)16(22)15(4)18-14(3)12-21-11-13(2)10-17-21/h10-11,14-15,18H,5-9,12H2,1-4H3/t14-,15+/m1/s1. The monoisotopic (exact) mass is 307 g/mol. The zero-order chi connectivity index (χ0) is 16.1. The molecular formula is C16H29N5O. The molecule has 124 valence electrons. The zero-order valence-electron chi connectivity index (χ0n) is 14.2. The smallest absolute Gasteiger partial charge is 0.239 e. The van der Waals surface area contributed by atoms with Gasteiger partial charge in [0.2, 0.25) is 5.91 Å². The number of nitrogens with one attached hydrogen (secondary N) is 1. The Morgan fingerprint density at radius 1 is 1.32 bits per heavy atom. The normalized spacial score (nSPS) is 19.2. The van der Waals surface area contributed by atoms with Gasteiger partial charge in [-0.15, -0.1) is 0 Å². The quantitative estimate of drug-likeness (QED) is 0.841. The Balaban J connectivity index is 1.78. The number of aryl methyl sites for hydroxylation is 1. The van der Waals surface area contributed by atoms with Crippen molar-refractivity contribution in [2.75, 3.05) is 32.7 Å². The zero-order valence-corrected chi connectivity index (χ0v) is 14.2. The predicted molar refractivity (Wildman–Crippen MR) is 87.7 cm³/mol. The van der Waals surface area contributed by atoms with E-state index in [1.54, 1.807) is 0 Å². The number of hydrogen-bond donors (Lipinski definition) is 1. The molecule has 1 aliphatic rings. The molecule has 2 heterocycles. The lowest BCUT2D eigenvalue weighted by Gasteiger charge is -2.36. The summed E-state index contributed by atoms with van der Waals surface area (Å²) in [7, 11) is 0. The Hall–Kier alpha value is -1.40. The number of nitrogens with zero attached hydrogens (tertiary/aromatic N) is 4. The van der Waals surface area contributed by atoms with E-state index in [2.05, 4.69) is 29.2 Å². The highest BCUT2D eigenvalue weighted by Crippen LogP contribution is 2.05. The van der Waals surface area contributed by atoms with Crippen molar-refractivity contribution < 1.29 is 4.79 Å². The van der Waals surface area contributed by atoms with Gasteiger partial charge in [0.1, 0.15) is 0 Å². The number of carbonyl (C=O) groups is 1. The van der Waals surface area contributed by atoms with E-state index in [1.165, 1.54) is 0 Å². The molecule has 0 spiro atoms. The van der Waals surface area contributed by atoms with E-state index in [0.717, 1.165) is 44.8 Å². The minimum atomic E-state index is -0.153. The van der Waals surface area contributed by atoms with Crippen molar-refractivity contribution in [3.05, 3.63) is 18.0 Å². The van der Waals surface area contributed by atoms with Crippen molar-refractivity contribution in [3.63, 3.8) is 0 Å². The molecule has 6 nitrogen and oxygen atoms in total. The average molecular weight is 307 g/mol. The molecule has 1 amide bonds. The van der Waals surface area contributed by atoms with Gasteiger partial charge in [-0.2, -0.15) is 5.10 Å². The first-order valence-corrected chi connectivity index (χ1v) is 8.25. The van der Waals surface area contributed by atoms with E-state index in [4.69, 9.17) is 0 Å². The van der Waals surface area contributed by atoms with Crippen LogP contribution in [0.15, 0.2) is 12.4 Å². The maximum atomic E-state index is 12.5. The van der Waals surface area contributed by atoms with Crippen LogP contribution in [0.1, 0.15) is 26.3 Å². The van der Waals surface area contributed by atoms with Gasteiger partial charge in [-0.25, -0.2) is 0 Å². The van der Waals surface area contributed by atoms with Gasteiger partial charge in [-0.1, -0.05) is 6.92 Å². The highest BCUT2D eigenvalue weighted by Gasteiger charge is 2.25. The van der Waals surface area contributed by atoms with Crippen molar-refractivity contribution in [2.45, 2.75) is 46.3 Å². The first-order valence-electron chi connectivity index (χ1n) is 8.25. The third kappa shape index (κ3) is 4.55. The lowest BCUT2D eigenvalue weighted by Crippen LogP contribution is -2.54. The summed E-state index contributed by atoms with van der Waals surface area (Å²) in [6.45, 7) is 13.7. The van der Waals surface area contributed by atoms with Crippen molar-refractivity contribution in [1.82, 2.24) is 24.9 Å². The molecule has 1 aromatic rings. The van der Waals surface area contributed by atoms with Gasteiger partial charge in [0.25, 0.3) is 0 Å². The molecule has 0 aromatic carbocycles. The maximum Gasteiger partial charge on any atom is 0.239 e. The van der Waals surface area contributed by atoms with Gasteiger partial charge in [0.05, 0.1) is 18.8 Å². The minimum absolute atomic E-state index is 0.153. The fourth-order valence-corrected chi connectivity index (χ4v) is 2.96. The number of hydrogen-bond acceptors (Lipinski definition) is 4. The van der Waals surface area contributed by atoms with Gasteiger partial charge >= 0.3 is 0 Å². The summed E-state index contributed by atoms with van der Waals surface area (Å²) < 4.78 is 1.92. The van der Waals surface area contributed by atoms with Crippen LogP contribution in [0.5, 0.6) is 0 Å². The van der Waals surface area contributed by atoms with Gasteiger partial charge < -0.3 is 15.1 Å². The molecule has 6 heteroatoms. The van der Waals surface area contributed by atoms with Gasteiger partial charge in [-0.3, -0.25) is 9.48 Å². The van der Waals surface area contributed by atoms with Crippen LogP contribution in [0, 0.1) is 6.92 Å². The molecular weight excluding hydrogens is 278 g/mol. The van der Waals surface area contributed by atoms with Crippen LogP contribution >= 0.6 is 0 Å². The highest BCUT2D eigenvalue weighted by atomic mass is 16.2. The highest BCUT2D eigenvalue weighted by molar-refractivity contribution is 5.81. The number of amides is 1. The Bertz CT molecular complexity index is 479. The third-order valence-electron chi connectivity index (χ3n) is 4.26. The van der Waals surface area contributed by atoms with Gasteiger partial charge in [0, 0.05) is 38.4 Å². The second-order valence-corrected chi connectivity index (χ2v) is 6.29. The van der Waals surface area contributed by atoms with Crippen LogP contribution in [0.2, 0.25) is 0 Å². The number of likely N-dealkylation sites (N-methyl/N-ethyl adjacent to an activating group) is 1. The molecule has 0 radical (unpaired) electrons. The van der Waals surface area contributed by atoms with E-state index in [-0.39, 0.29) is 18.0 Å². The van der Waals surface area contributed by atoms with Crippen LogP contribution in [0.4, 0.5) is 0 Å². The van der Waals surface area contributed by atoms with Crippen LogP contribution in [0.25, 0.3) is 0 Å². The second-order valence-electron chi connectivity index (χ2n) is 6.29. The van der Waals surface area contributed by atoms with Crippen LogP contribution < -0.4 is 5.32 Å². The van der Waals surface area contributed by atoms with Crippen LogP contribution in [-0.4, -0.2) is 70.3 Å². The SMILES string of the molecule is CCN1CCN(C(=O)[C@H](C)N[C@H](C)Cn2cc(C)cn2)CC1. The molecule has 1 aromatic heterocycles. The van der Waals surface area contributed by atoms with E-state index >= 15 is 0 Å². The van der Waals surface area contributed by atoms with Crippen molar-refractivity contribution in [3.8, 4) is 0 Å². The summed E-state index contributed by atoms with van der Waals surface area (Å²) in [4.78, 5) is 16.9. The molecule has 0 saturated carbocycles. The predicted octanol–water partition coefficient (Wildman–Crippen LogP) is 0.722. The average Bonchev–Trinajstić information content (AvgIpc) is 2.91. The number of piperazine rings is 1. The molecule has 1 N–H and O–H groups in total. The molecule has 1 saturated heterocycles. The van der Waals surface area contributed by atoms with Gasteiger partial charge in [0.15, 0.2) is 0 Å². The van der Waals surface area contributed by atoms with Crippen LogP contribution in [-0.2, 0) is 11.3 Å². The first kappa shape index (κ1) is 17.0. The van der Waals surface area contributed by atoms with E-state index in [1.807, 2.05) is 35.8 Å².